The van der Waals surface area contributed by atoms with Crippen molar-refractivity contribution in [3.63, 3.8) is 0 Å². The van der Waals surface area contributed by atoms with Crippen LogP contribution in [-0.2, 0) is 19.7 Å². The Morgan fingerprint density at radius 2 is 0.919 bits per heavy atom. The summed E-state index contributed by atoms with van der Waals surface area (Å²) in [5.41, 5.74) is 4.90. The number of hydrogen-bond acceptors (Lipinski definition) is 2. The van der Waals surface area contributed by atoms with Crippen molar-refractivity contribution in [3.05, 3.63) is 154 Å². The topological polar surface area (TPSA) is 18.5 Å². The van der Waals surface area contributed by atoms with Crippen molar-refractivity contribution >= 4 is 37.0 Å². The molecule has 6 rings (SSSR count). The van der Waals surface area contributed by atoms with Gasteiger partial charge in [0.25, 0.3) is 0 Å². The van der Waals surface area contributed by atoms with Crippen LogP contribution in [0.1, 0.15) is 29.5 Å². The van der Waals surface area contributed by atoms with Gasteiger partial charge in [-0.05, 0) is 0 Å². The van der Waals surface area contributed by atoms with E-state index in [4.69, 9.17) is 5.63 Å². The van der Waals surface area contributed by atoms with Crippen molar-refractivity contribution in [3.8, 4) is 11.5 Å². The molecule has 0 bridgehead atoms. The molecule has 5 heteroatoms. The van der Waals surface area contributed by atoms with Crippen LogP contribution in [0.25, 0.3) is 12.2 Å². The summed E-state index contributed by atoms with van der Waals surface area (Å²) < 4.78 is 16.8. The molecule has 0 amide bonds. The summed E-state index contributed by atoms with van der Waals surface area (Å²) >= 11 is -5.17. The zero-order valence-corrected chi connectivity index (χ0v) is 24.4. The van der Waals surface area contributed by atoms with Crippen LogP contribution in [0.2, 0.25) is 0 Å². The maximum Gasteiger partial charge on any atom is -0.147 e. The van der Waals surface area contributed by atoms with Gasteiger partial charge < -0.3 is 0 Å². The van der Waals surface area contributed by atoms with Gasteiger partial charge in [0.1, 0.15) is 0 Å². The second-order valence-electron chi connectivity index (χ2n) is 9.26. The molecule has 0 radical (unpaired) electrons. The molecule has 37 heavy (non-hydrogen) atoms. The molecule has 4 aromatic carbocycles. The van der Waals surface area contributed by atoms with Crippen molar-refractivity contribution < 1.29 is 25.3 Å². The molecule has 2 aliphatic rings. The fourth-order valence-electron chi connectivity index (χ4n) is 5.78. The van der Waals surface area contributed by atoms with Crippen molar-refractivity contribution in [2.75, 3.05) is 0 Å². The van der Waals surface area contributed by atoms with E-state index in [1.165, 1.54) is 22.3 Å². The Bertz CT molecular complexity index is 1340. The van der Waals surface area contributed by atoms with E-state index in [9.17, 15) is 0 Å². The van der Waals surface area contributed by atoms with Gasteiger partial charge in [0.05, 0.1) is 0 Å². The van der Waals surface area contributed by atoms with E-state index in [1.807, 2.05) is 60.7 Å². The molecule has 0 aliphatic heterocycles. The van der Waals surface area contributed by atoms with Crippen molar-refractivity contribution in [2.45, 2.75) is 7.25 Å². The second-order valence-corrected chi connectivity index (χ2v) is 20.7. The van der Waals surface area contributed by atoms with Crippen LogP contribution in [-0.4, -0.2) is 0 Å². The van der Waals surface area contributed by atoms with E-state index in [0.717, 1.165) is 11.5 Å². The summed E-state index contributed by atoms with van der Waals surface area (Å²) in [5.74, 6) is 1.62. The quantitative estimate of drug-likeness (QED) is 0.209. The summed E-state index contributed by atoms with van der Waals surface area (Å²) in [6.45, 7) is 4.51. The number of rotatable bonds is 7. The average molecular weight is 608 g/mol. The molecule has 0 saturated heterocycles. The van der Waals surface area contributed by atoms with E-state index in [-0.39, 0.29) is 32.1 Å². The largest absolute Gasteiger partial charge is 0.147 e. The molecule has 4 aromatic rings. The van der Waals surface area contributed by atoms with E-state index < -0.39 is 19.7 Å². The first kappa shape index (κ1) is 27.2. The third kappa shape index (κ3) is 4.44. The Hall–Kier alpha value is -2.84. The summed E-state index contributed by atoms with van der Waals surface area (Å²) in [6, 6.07) is 37.4. The van der Waals surface area contributed by atoms with Crippen molar-refractivity contribution in [2.24, 2.45) is 0 Å². The molecule has 0 N–H and O–H groups in total. The minimum atomic E-state index is -5.17. The molecule has 2 aliphatic carbocycles. The number of allylic oxidation sites excluding steroid dienone is 2. The fourth-order valence-corrected chi connectivity index (χ4v) is 19.5. The molecule has 0 saturated carbocycles. The van der Waals surface area contributed by atoms with Crippen LogP contribution in [0.15, 0.2) is 132 Å². The molecule has 0 fully saturated rings. The van der Waals surface area contributed by atoms with Crippen LogP contribution in [0.3, 0.4) is 0 Å². The predicted octanol–water partition coefficient (Wildman–Crippen LogP) is 9.19. The van der Waals surface area contributed by atoms with E-state index in [2.05, 4.69) is 83.2 Å². The van der Waals surface area contributed by atoms with Gasteiger partial charge in [-0.1, -0.05) is 0 Å². The smallest absolute Gasteiger partial charge is 0.147 e. The van der Waals surface area contributed by atoms with Gasteiger partial charge in [-0.2, -0.15) is 0 Å². The molecular weight excluding hydrogens is 578 g/mol. The van der Waals surface area contributed by atoms with Gasteiger partial charge in [0.15, 0.2) is 0 Å². The molecule has 0 aromatic heterocycles. The van der Waals surface area contributed by atoms with E-state index >= 15 is 0 Å². The van der Waals surface area contributed by atoms with Gasteiger partial charge >= 0.3 is 210 Å². The summed E-state index contributed by atoms with van der Waals surface area (Å²) in [7, 11) is 0. The Morgan fingerprint density at radius 3 is 1.32 bits per heavy atom. The number of hydrogen-bond donors (Lipinski definition) is 0. The average Bonchev–Trinajstić information content (AvgIpc) is 3.56. The third-order valence-corrected chi connectivity index (χ3v) is 21.2. The minimum absolute atomic E-state index is 0. The standard InChI is InChI=1S/2C9H7.2C6H6O.C2H3.2ClH.Zr/c2*1-2-5-9-7-3-6-8(9)4-1;2*7-6-4-2-1-3-5-6;1-2;;;/h2*1-7H;2*1-5,7H;1H,2H2;2*1H;/q;;;;;;;+2/p-2. The fraction of sp³-hybridized carbons (Fsp3) is 0.0625. The molecule has 2 unspecified atom stereocenters. The Morgan fingerprint density at radius 1 is 0.541 bits per heavy atom. The zero-order chi connectivity index (χ0) is 23.7. The number of benzene rings is 4. The normalized spacial score (nSPS) is 17.8. The van der Waals surface area contributed by atoms with Gasteiger partial charge in [-0.3, -0.25) is 0 Å². The van der Waals surface area contributed by atoms with Crippen molar-refractivity contribution in [1.29, 1.82) is 0 Å². The van der Waals surface area contributed by atoms with Crippen LogP contribution >= 0.6 is 24.8 Å². The maximum atomic E-state index is 7.39. The van der Waals surface area contributed by atoms with Crippen LogP contribution < -0.4 is 5.63 Å². The molecule has 2 nitrogen and oxygen atoms in total. The molecular formula is C32H29Cl2O2Zr. The van der Waals surface area contributed by atoms with E-state index in [0.29, 0.717) is 0 Å². The first-order valence-corrected chi connectivity index (χ1v) is 18.3. The summed E-state index contributed by atoms with van der Waals surface area (Å²) in [4.78, 5) is 0. The number of halogens is 2. The van der Waals surface area contributed by atoms with Gasteiger partial charge in [-0.25, -0.2) is 0 Å². The molecule has 2 atom stereocenters. The maximum absolute atomic E-state index is 7.39. The molecule has 0 spiro atoms. The number of para-hydroxylation sites is 2. The van der Waals surface area contributed by atoms with Gasteiger partial charge in [-0.15, -0.1) is 24.8 Å². The van der Waals surface area contributed by atoms with Crippen LogP contribution in [0, 0.1) is 0 Å². The predicted molar refractivity (Wildman–Crippen MR) is 155 cm³/mol. The molecule has 0 heterocycles. The summed E-state index contributed by atoms with van der Waals surface area (Å²) in [6.07, 6.45) is 9.00. The van der Waals surface area contributed by atoms with Crippen molar-refractivity contribution in [1.82, 2.24) is 0 Å². The first-order valence-electron chi connectivity index (χ1n) is 12.1. The van der Waals surface area contributed by atoms with Crippen LogP contribution in [0.5, 0.6) is 11.5 Å². The first-order chi connectivity index (χ1) is 17.2. The number of fused-ring (bicyclic) bond motifs is 2. The minimum Gasteiger partial charge on any atom is -0.147 e. The second kappa shape index (κ2) is 10.9. The van der Waals surface area contributed by atoms with Crippen LogP contribution in [0.4, 0.5) is 0 Å². The Labute approximate surface area is 233 Å². The van der Waals surface area contributed by atoms with Gasteiger partial charge in [0.2, 0.25) is 0 Å². The Balaban J connectivity index is 0.00000160. The SMILES string of the molecule is C=[CH][Zr]([O]c1ccccc1)([O]c1ccccc1)([CH]1C=Cc2ccccc21)[CH]1C=Cc2ccccc21.Cl.Cl. The summed E-state index contributed by atoms with van der Waals surface area (Å²) in [5, 5.41) is 0. The Kier molecular flexibility index (Phi) is 8.00. The monoisotopic (exact) mass is 605 g/mol. The van der Waals surface area contributed by atoms with E-state index in [1.54, 1.807) is 0 Å². The zero-order valence-electron chi connectivity index (χ0n) is 20.3. The third-order valence-electron chi connectivity index (χ3n) is 7.39. The van der Waals surface area contributed by atoms with Gasteiger partial charge in [0, 0.05) is 0 Å². The molecule has 187 valence electrons.